The average Bonchev–Trinajstić information content (AvgIpc) is 2.05. The van der Waals surface area contributed by atoms with Crippen molar-refractivity contribution >= 4 is 29.1 Å². The third kappa shape index (κ3) is 3.96. The van der Waals surface area contributed by atoms with E-state index < -0.39 is 6.63 Å². The fourth-order valence-electron chi connectivity index (χ4n) is 0.654. The quantitative estimate of drug-likeness (QED) is 0.545. The maximum Gasteiger partial charge on any atom is 0.126 e. The zero-order valence-electron chi connectivity index (χ0n) is 6.15. The summed E-state index contributed by atoms with van der Waals surface area (Å²) >= 11 is 11.0. The molecule has 0 saturated carbocycles. The second kappa shape index (κ2) is 5.42. The molecule has 0 fully saturated rings. The lowest BCUT2D eigenvalue weighted by Crippen LogP contribution is -1.78. The fourth-order valence-corrected chi connectivity index (χ4v) is 1.08. The highest BCUT2D eigenvalue weighted by atomic mass is 35.9. The Morgan fingerprint density at radius 2 is 1.83 bits per heavy atom. The Kier molecular flexibility index (Phi) is 4.45. The molecule has 1 aromatic carbocycles. The molecular weight excluding hydrogens is 214 g/mol. The van der Waals surface area contributed by atoms with E-state index in [2.05, 4.69) is 0 Å². The normalized spacial score (nSPS) is 10.9. The molecule has 1 rings (SSSR count). The van der Waals surface area contributed by atoms with Gasteiger partial charge in [-0.1, -0.05) is 40.7 Å². The van der Waals surface area contributed by atoms with E-state index >= 15 is 0 Å². The smallest absolute Gasteiger partial charge is 0.126 e. The van der Waals surface area contributed by atoms with Crippen LogP contribution in [0.1, 0.15) is 0 Å². The minimum atomic E-state index is -1.06. The third-order valence-corrected chi connectivity index (χ3v) is 2.14. The van der Waals surface area contributed by atoms with E-state index in [-0.39, 0.29) is 0 Å². The van der Waals surface area contributed by atoms with E-state index in [1.54, 1.807) is 5.82 Å². The van der Waals surface area contributed by atoms with Crippen LogP contribution in [0.4, 0.5) is 0 Å². The van der Waals surface area contributed by atoms with Gasteiger partial charge in [-0.25, -0.2) is 0 Å². The maximum absolute atomic E-state index is 5.51. The van der Waals surface area contributed by atoms with Crippen LogP contribution >= 0.6 is 29.1 Å². The predicted octanol–water partition coefficient (Wildman–Crippen LogP) is 4.33. The van der Waals surface area contributed by atoms with Gasteiger partial charge in [-0.05, 0) is 12.1 Å². The Balaban J connectivity index is 2.43. The molecule has 0 atom stereocenters. The Morgan fingerprint density at radius 1 is 1.17 bits per heavy atom. The summed E-state index contributed by atoms with van der Waals surface area (Å²) in [6.45, 7) is -1.06. The fraction of sp³-hybridized carbons (Fsp3) is 0. The lowest BCUT2D eigenvalue weighted by atomic mass is 10.3. The Labute approximate surface area is 82.3 Å². The van der Waals surface area contributed by atoms with Crippen LogP contribution in [-0.4, -0.2) is 0 Å². The first kappa shape index (κ1) is 9.85. The number of para-hydroxylation sites is 1. The van der Waals surface area contributed by atoms with Crippen molar-refractivity contribution in [1.29, 1.82) is 0 Å². The van der Waals surface area contributed by atoms with Gasteiger partial charge >= 0.3 is 0 Å². The molecule has 4 heteroatoms. The second-order valence-corrected chi connectivity index (χ2v) is 5.50. The van der Waals surface area contributed by atoms with Gasteiger partial charge in [0.1, 0.15) is 12.4 Å². The minimum Gasteiger partial charge on any atom is -0.465 e. The number of benzene rings is 1. The summed E-state index contributed by atoms with van der Waals surface area (Å²) in [5.41, 5.74) is 0. The highest BCUT2D eigenvalue weighted by Gasteiger charge is 1.90. The van der Waals surface area contributed by atoms with Crippen molar-refractivity contribution in [3.8, 4) is 5.75 Å². The van der Waals surface area contributed by atoms with E-state index in [4.69, 9.17) is 27.2 Å². The summed E-state index contributed by atoms with van der Waals surface area (Å²) in [4.78, 5) is 0. The van der Waals surface area contributed by atoms with E-state index in [1.165, 1.54) is 6.26 Å². The van der Waals surface area contributed by atoms with Crippen molar-refractivity contribution in [2.75, 3.05) is 0 Å². The van der Waals surface area contributed by atoms with Gasteiger partial charge in [0.05, 0.1) is 6.26 Å². The number of rotatable bonds is 3. The topological polar surface area (TPSA) is 9.23 Å². The van der Waals surface area contributed by atoms with Gasteiger partial charge in [0.2, 0.25) is 0 Å². The summed E-state index contributed by atoms with van der Waals surface area (Å²) in [5, 5.41) is 0. The lowest BCUT2D eigenvalue weighted by Gasteiger charge is -1.97. The monoisotopic (exact) mass is 220 g/mol. The van der Waals surface area contributed by atoms with E-state index in [1.807, 2.05) is 30.3 Å². The summed E-state index contributed by atoms with van der Waals surface area (Å²) in [6.07, 6.45) is 1.50. The van der Waals surface area contributed by atoms with Crippen LogP contribution in [0.5, 0.6) is 5.75 Å². The van der Waals surface area contributed by atoms with Crippen molar-refractivity contribution in [2.45, 2.75) is 0 Å². The Morgan fingerprint density at radius 3 is 2.42 bits per heavy atom. The van der Waals surface area contributed by atoms with Crippen molar-refractivity contribution in [1.82, 2.24) is 0 Å². The van der Waals surface area contributed by atoms with Crippen LogP contribution in [0.25, 0.3) is 0 Å². The van der Waals surface area contributed by atoms with Gasteiger partial charge in [0.15, 0.2) is 0 Å². The molecule has 1 nitrogen and oxygen atoms in total. The van der Waals surface area contributed by atoms with Gasteiger partial charge in [-0.3, -0.25) is 0 Å². The molecule has 0 unspecified atom stereocenters. The Bertz CT molecular complexity index is 248. The zero-order chi connectivity index (χ0) is 8.81. The van der Waals surface area contributed by atoms with Gasteiger partial charge in [0.25, 0.3) is 0 Å². The third-order valence-electron chi connectivity index (χ3n) is 1.12. The zero-order valence-corrected chi connectivity index (χ0v) is 8.56. The first-order valence-electron chi connectivity index (χ1n) is 3.28. The average molecular weight is 221 g/mol. The number of hydrogen-bond acceptors (Lipinski definition) is 1. The highest BCUT2D eigenvalue weighted by molar-refractivity contribution is 8.06. The largest absolute Gasteiger partial charge is 0.465 e. The Hall–Kier alpha value is -0.230. The van der Waals surface area contributed by atoms with Gasteiger partial charge in [-0.2, -0.15) is 0 Å². The van der Waals surface area contributed by atoms with Crippen LogP contribution in [0.3, 0.4) is 0 Å². The van der Waals surface area contributed by atoms with Crippen molar-refractivity contribution in [2.24, 2.45) is 0 Å². The summed E-state index contributed by atoms with van der Waals surface area (Å²) in [5.74, 6) is 2.39. The molecule has 0 amide bonds. The van der Waals surface area contributed by atoms with E-state index in [0.717, 1.165) is 5.75 Å². The standard InChI is InChI=1S/C8H7Cl2OP/c9-12(10)7-6-11-8-4-2-1-3-5-8/h1-7H. The van der Waals surface area contributed by atoms with Crippen LogP contribution in [0.15, 0.2) is 42.4 Å². The second-order valence-electron chi connectivity index (χ2n) is 1.98. The van der Waals surface area contributed by atoms with Crippen molar-refractivity contribution in [3.63, 3.8) is 0 Å². The molecule has 0 N–H and O–H groups in total. The molecule has 0 aliphatic carbocycles. The molecule has 0 aromatic heterocycles. The van der Waals surface area contributed by atoms with E-state index in [0.29, 0.717) is 0 Å². The van der Waals surface area contributed by atoms with E-state index in [9.17, 15) is 0 Å². The summed E-state index contributed by atoms with van der Waals surface area (Å²) in [7, 11) is 0. The van der Waals surface area contributed by atoms with Crippen LogP contribution in [0, 0.1) is 0 Å². The molecule has 0 aliphatic heterocycles. The molecule has 0 spiro atoms. The number of hydrogen-bond donors (Lipinski definition) is 0. The SMILES string of the molecule is ClP(Cl)C=COc1ccccc1. The minimum absolute atomic E-state index is 0.777. The maximum atomic E-state index is 5.51. The molecule has 0 heterocycles. The predicted molar refractivity (Wildman–Crippen MR) is 54.8 cm³/mol. The van der Waals surface area contributed by atoms with Crippen LogP contribution < -0.4 is 4.74 Å². The molecule has 64 valence electrons. The van der Waals surface area contributed by atoms with Gasteiger partial charge in [-0.15, -0.1) is 0 Å². The molecule has 0 bridgehead atoms. The summed E-state index contributed by atoms with van der Waals surface area (Å²) in [6, 6.07) is 9.43. The van der Waals surface area contributed by atoms with Crippen molar-refractivity contribution < 1.29 is 4.74 Å². The molecule has 12 heavy (non-hydrogen) atoms. The molecule has 0 aliphatic rings. The number of halogens is 2. The molecule has 0 saturated heterocycles. The highest BCUT2D eigenvalue weighted by Crippen LogP contribution is 2.47. The van der Waals surface area contributed by atoms with Crippen molar-refractivity contribution in [3.05, 3.63) is 42.4 Å². The van der Waals surface area contributed by atoms with Crippen LogP contribution in [0.2, 0.25) is 0 Å². The summed E-state index contributed by atoms with van der Waals surface area (Å²) < 4.78 is 5.18. The molecule has 0 radical (unpaired) electrons. The van der Waals surface area contributed by atoms with Gasteiger partial charge < -0.3 is 4.74 Å². The molecule has 1 aromatic rings. The lowest BCUT2D eigenvalue weighted by molar-refractivity contribution is 0.482. The first-order valence-corrected chi connectivity index (χ1v) is 6.50. The first-order chi connectivity index (χ1) is 5.79. The van der Waals surface area contributed by atoms with Crippen LogP contribution in [-0.2, 0) is 0 Å². The number of ether oxygens (including phenoxy) is 1. The van der Waals surface area contributed by atoms with Gasteiger partial charge in [0, 0.05) is 5.82 Å². The molecular formula is C8H7Cl2OP.